The number of nitrogens with zero attached hydrogens (tertiary/aromatic N) is 1. The fourth-order valence-corrected chi connectivity index (χ4v) is 1.79. The Balaban J connectivity index is 2.39. The van der Waals surface area contributed by atoms with Crippen LogP contribution in [-0.4, -0.2) is 12.5 Å². The van der Waals surface area contributed by atoms with Crippen LogP contribution in [0.1, 0.15) is 12.5 Å². The zero-order valence-corrected chi connectivity index (χ0v) is 8.99. The number of carbonyl (C=O) groups excluding carboxylic acids is 1. The van der Waals surface area contributed by atoms with Gasteiger partial charge in [-0.1, -0.05) is 12.1 Å². The second-order valence-corrected chi connectivity index (χ2v) is 3.60. The Bertz CT molecular complexity index is 463. The molecule has 1 aliphatic rings. The van der Waals surface area contributed by atoms with E-state index >= 15 is 0 Å². The molecular formula is C12H12N2O2. The number of hydrogen-bond acceptors (Lipinski definition) is 3. The lowest BCUT2D eigenvalue weighted by atomic mass is 9.94. The van der Waals surface area contributed by atoms with Gasteiger partial charge in [-0.15, -0.1) is 0 Å². The molecule has 1 aromatic carbocycles. The van der Waals surface area contributed by atoms with Crippen LogP contribution >= 0.6 is 0 Å². The van der Waals surface area contributed by atoms with Crippen LogP contribution < -0.4 is 10.1 Å². The van der Waals surface area contributed by atoms with Crippen molar-refractivity contribution in [2.75, 3.05) is 11.9 Å². The monoisotopic (exact) mass is 216 g/mol. The first-order valence-corrected chi connectivity index (χ1v) is 5.21. The van der Waals surface area contributed by atoms with E-state index in [1.807, 2.05) is 31.2 Å². The summed E-state index contributed by atoms with van der Waals surface area (Å²) in [7, 11) is 0. The predicted octanol–water partition coefficient (Wildman–Crippen LogP) is 1.72. The third kappa shape index (κ3) is 1.72. The Morgan fingerprint density at radius 2 is 2.44 bits per heavy atom. The van der Waals surface area contributed by atoms with Gasteiger partial charge in [0.05, 0.1) is 18.4 Å². The van der Waals surface area contributed by atoms with Gasteiger partial charge in [-0.3, -0.25) is 4.79 Å². The average molecular weight is 216 g/mol. The summed E-state index contributed by atoms with van der Waals surface area (Å²) in [6, 6.07) is 7.58. The van der Waals surface area contributed by atoms with Crippen molar-refractivity contribution in [3.05, 3.63) is 23.8 Å². The van der Waals surface area contributed by atoms with Gasteiger partial charge in [0.1, 0.15) is 11.7 Å². The number of nitriles is 1. The molecule has 1 aliphatic heterocycles. The van der Waals surface area contributed by atoms with Gasteiger partial charge in [0.2, 0.25) is 5.91 Å². The van der Waals surface area contributed by atoms with Gasteiger partial charge in [-0.2, -0.15) is 5.26 Å². The van der Waals surface area contributed by atoms with E-state index in [0.29, 0.717) is 24.5 Å². The second kappa shape index (κ2) is 4.23. The summed E-state index contributed by atoms with van der Waals surface area (Å²) >= 11 is 0. The van der Waals surface area contributed by atoms with E-state index in [0.717, 1.165) is 5.56 Å². The standard InChI is InChI=1S/C12H12N2O2/c1-2-16-10-5-3-4-8-6-9(7-13)12(15)14-11(8)10/h3-5,9H,2,6H2,1H3,(H,14,15). The summed E-state index contributed by atoms with van der Waals surface area (Å²) in [5.74, 6) is -0.170. The van der Waals surface area contributed by atoms with Crippen molar-refractivity contribution in [1.82, 2.24) is 0 Å². The molecule has 16 heavy (non-hydrogen) atoms. The minimum Gasteiger partial charge on any atom is -0.492 e. The number of ether oxygens (including phenoxy) is 1. The van der Waals surface area contributed by atoms with E-state index in [4.69, 9.17) is 10.00 Å². The Morgan fingerprint density at radius 3 is 3.12 bits per heavy atom. The van der Waals surface area contributed by atoms with Crippen molar-refractivity contribution >= 4 is 11.6 Å². The second-order valence-electron chi connectivity index (χ2n) is 3.60. The largest absolute Gasteiger partial charge is 0.492 e. The first kappa shape index (κ1) is 10.5. The highest BCUT2D eigenvalue weighted by Gasteiger charge is 2.27. The van der Waals surface area contributed by atoms with Crippen molar-refractivity contribution in [1.29, 1.82) is 5.26 Å². The van der Waals surface area contributed by atoms with E-state index < -0.39 is 5.92 Å². The van der Waals surface area contributed by atoms with E-state index in [-0.39, 0.29) is 5.91 Å². The molecule has 1 aromatic rings. The quantitative estimate of drug-likeness (QED) is 0.818. The summed E-state index contributed by atoms with van der Waals surface area (Å²) in [5.41, 5.74) is 1.66. The van der Waals surface area contributed by atoms with Crippen molar-refractivity contribution in [3.63, 3.8) is 0 Å². The molecule has 0 saturated carbocycles. The first-order chi connectivity index (χ1) is 7.76. The van der Waals surface area contributed by atoms with Crippen LogP contribution in [0, 0.1) is 17.2 Å². The molecule has 0 bridgehead atoms. The Morgan fingerprint density at radius 1 is 1.62 bits per heavy atom. The number of benzene rings is 1. The van der Waals surface area contributed by atoms with Gasteiger partial charge < -0.3 is 10.1 Å². The van der Waals surface area contributed by atoms with Crippen LogP contribution in [0.15, 0.2) is 18.2 Å². The number of nitrogens with one attached hydrogen (secondary N) is 1. The molecule has 0 radical (unpaired) electrons. The molecule has 0 fully saturated rings. The van der Waals surface area contributed by atoms with Crippen molar-refractivity contribution in [2.24, 2.45) is 5.92 Å². The third-order valence-corrected chi connectivity index (χ3v) is 2.56. The average Bonchev–Trinajstić information content (AvgIpc) is 2.29. The number of fused-ring (bicyclic) bond motifs is 1. The predicted molar refractivity (Wildman–Crippen MR) is 59.0 cm³/mol. The molecular weight excluding hydrogens is 204 g/mol. The van der Waals surface area contributed by atoms with Crippen LogP contribution in [0.25, 0.3) is 0 Å². The van der Waals surface area contributed by atoms with E-state index in [9.17, 15) is 4.79 Å². The molecule has 2 rings (SSSR count). The maximum Gasteiger partial charge on any atom is 0.242 e. The fraction of sp³-hybridized carbons (Fsp3) is 0.333. The van der Waals surface area contributed by atoms with Crippen molar-refractivity contribution in [2.45, 2.75) is 13.3 Å². The smallest absolute Gasteiger partial charge is 0.242 e. The number of para-hydroxylation sites is 1. The van der Waals surface area contributed by atoms with E-state index in [2.05, 4.69) is 5.32 Å². The molecule has 1 heterocycles. The summed E-state index contributed by atoms with van der Waals surface area (Å²) in [4.78, 5) is 11.6. The maximum atomic E-state index is 11.6. The maximum absolute atomic E-state index is 11.6. The van der Waals surface area contributed by atoms with Gasteiger partial charge in [-0.25, -0.2) is 0 Å². The highest BCUT2D eigenvalue weighted by atomic mass is 16.5. The first-order valence-electron chi connectivity index (χ1n) is 5.21. The van der Waals surface area contributed by atoms with Crippen molar-refractivity contribution in [3.8, 4) is 11.8 Å². The summed E-state index contributed by atoms with van der Waals surface area (Å²) in [6.07, 6.45) is 0.457. The third-order valence-electron chi connectivity index (χ3n) is 2.56. The molecule has 0 aliphatic carbocycles. The molecule has 0 spiro atoms. The summed E-state index contributed by atoms with van der Waals surface area (Å²) < 4.78 is 5.42. The molecule has 4 nitrogen and oxygen atoms in total. The van der Waals surface area contributed by atoms with Crippen molar-refractivity contribution < 1.29 is 9.53 Å². The van der Waals surface area contributed by atoms with Crippen LogP contribution in [0.4, 0.5) is 5.69 Å². The molecule has 0 aromatic heterocycles. The number of carbonyl (C=O) groups is 1. The van der Waals surface area contributed by atoms with Crippen LogP contribution in [0.2, 0.25) is 0 Å². The molecule has 1 amide bonds. The lowest BCUT2D eigenvalue weighted by Gasteiger charge is -2.22. The van der Waals surface area contributed by atoms with Crippen LogP contribution in [0.5, 0.6) is 5.75 Å². The van der Waals surface area contributed by atoms with Gasteiger partial charge in [0.25, 0.3) is 0 Å². The van der Waals surface area contributed by atoms with Gasteiger partial charge >= 0.3 is 0 Å². The molecule has 82 valence electrons. The van der Waals surface area contributed by atoms with E-state index in [1.54, 1.807) is 0 Å². The Labute approximate surface area is 93.8 Å². The zero-order chi connectivity index (χ0) is 11.5. The minimum atomic E-state index is -0.593. The van der Waals surface area contributed by atoms with Gasteiger partial charge in [0, 0.05) is 0 Å². The highest BCUT2D eigenvalue weighted by molar-refractivity contribution is 5.98. The zero-order valence-electron chi connectivity index (χ0n) is 8.99. The molecule has 4 heteroatoms. The highest BCUT2D eigenvalue weighted by Crippen LogP contribution is 2.33. The molecule has 1 unspecified atom stereocenters. The molecule has 1 N–H and O–H groups in total. The van der Waals surface area contributed by atoms with Gasteiger partial charge in [-0.05, 0) is 25.0 Å². The fourth-order valence-electron chi connectivity index (χ4n) is 1.79. The Kier molecular flexibility index (Phi) is 2.78. The summed E-state index contributed by atoms with van der Waals surface area (Å²) in [6.45, 7) is 2.44. The number of amides is 1. The van der Waals surface area contributed by atoms with Crippen LogP contribution in [0.3, 0.4) is 0 Å². The minimum absolute atomic E-state index is 0.248. The Hall–Kier alpha value is -2.02. The number of anilines is 1. The number of rotatable bonds is 2. The normalized spacial score (nSPS) is 18.2. The number of hydrogen-bond donors (Lipinski definition) is 1. The lowest BCUT2D eigenvalue weighted by molar-refractivity contribution is -0.118. The van der Waals surface area contributed by atoms with Gasteiger partial charge in [0.15, 0.2) is 0 Å². The lowest BCUT2D eigenvalue weighted by Crippen LogP contribution is -2.29. The van der Waals surface area contributed by atoms with E-state index in [1.165, 1.54) is 0 Å². The molecule has 1 atom stereocenters. The SMILES string of the molecule is CCOc1cccc2c1NC(=O)C(C#N)C2. The summed E-state index contributed by atoms with van der Waals surface area (Å²) in [5, 5.41) is 11.5. The topological polar surface area (TPSA) is 62.1 Å². The van der Waals surface area contributed by atoms with Crippen LogP contribution in [-0.2, 0) is 11.2 Å². The molecule has 0 saturated heterocycles.